The quantitative estimate of drug-likeness (QED) is 0.594. The first-order valence-electron chi connectivity index (χ1n) is 10.4. The predicted octanol–water partition coefficient (Wildman–Crippen LogP) is 4.38. The van der Waals surface area contributed by atoms with Crippen LogP contribution in [0.3, 0.4) is 0 Å². The van der Waals surface area contributed by atoms with Gasteiger partial charge in [-0.05, 0) is 49.9 Å². The van der Waals surface area contributed by atoms with Crippen molar-refractivity contribution >= 4 is 48.8 Å². The molecule has 1 aliphatic heterocycles. The maximum absolute atomic E-state index is 12.9. The molecule has 5 nitrogen and oxygen atoms in total. The number of carbonyl (C=O) groups excluding carboxylic acids is 1. The standard InChI is InChI=1S/C23H30N4O.3ClH/c24-21-10-5-4-9-20(21)22(25-23(28)19-7-2-1-3-8-19)27-14-6-13-26(15-16-27)17-18-11-12-18;;;/h1-5,7-10,18,22H,6,11-17,24H2,(H,25,28);3*1H. The van der Waals surface area contributed by atoms with Crippen LogP contribution in [-0.2, 0) is 0 Å². The van der Waals surface area contributed by atoms with Crippen molar-refractivity contribution in [3.05, 3.63) is 65.7 Å². The van der Waals surface area contributed by atoms with E-state index in [2.05, 4.69) is 15.1 Å². The number of anilines is 1. The highest BCUT2D eigenvalue weighted by Crippen LogP contribution is 2.30. The van der Waals surface area contributed by atoms with Gasteiger partial charge in [0.15, 0.2) is 0 Å². The first kappa shape index (κ1) is 27.5. The molecule has 1 saturated carbocycles. The van der Waals surface area contributed by atoms with Gasteiger partial charge in [0.2, 0.25) is 0 Å². The Hall–Kier alpha value is -1.50. The van der Waals surface area contributed by atoms with Gasteiger partial charge in [-0.3, -0.25) is 9.69 Å². The lowest BCUT2D eigenvalue weighted by Crippen LogP contribution is -2.43. The molecule has 1 atom stereocenters. The summed E-state index contributed by atoms with van der Waals surface area (Å²) in [6.07, 6.45) is 3.67. The molecule has 0 aromatic heterocycles. The van der Waals surface area contributed by atoms with Gasteiger partial charge in [0.25, 0.3) is 5.91 Å². The van der Waals surface area contributed by atoms with Crippen molar-refractivity contribution in [2.45, 2.75) is 25.4 Å². The van der Waals surface area contributed by atoms with Gasteiger partial charge in [-0.25, -0.2) is 0 Å². The number of nitrogen functional groups attached to an aromatic ring is 1. The third kappa shape index (κ3) is 7.55. The fraction of sp³-hybridized carbons (Fsp3) is 0.435. The van der Waals surface area contributed by atoms with Crippen LogP contribution in [0, 0.1) is 5.92 Å². The number of amides is 1. The number of para-hydroxylation sites is 1. The number of nitrogens with two attached hydrogens (primary N) is 1. The number of benzene rings is 2. The second-order valence-electron chi connectivity index (χ2n) is 8.00. The topological polar surface area (TPSA) is 61.6 Å². The van der Waals surface area contributed by atoms with Gasteiger partial charge in [0, 0.05) is 43.0 Å². The molecule has 1 saturated heterocycles. The summed E-state index contributed by atoms with van der Waals surface area (Å²) in [4.78, 5) is 17.9. The van der Waals surface area contributed by atoms with E-state index >= 15 is 0 Å². The van der Waals surface area contributed by atoms with Crippen LogP contribution in [0.2, 0.25) is 0 Å². The normalized spacial score (nSPS) is 17.8. The number of hydrogen-bond acceptors (Lipinski definition) is 4. The van der Waals surface area contributed by atoms with Crippen LogP contribution in [0.25, 0.3) is 0 Å². The minimum Gasteiger partial charge on any atom is -0.398 e. The van der Waals surface area contributed by atoms with E-state index in [-0.39, 0.29) is 49.3 Å². The SMILES string of the molecule is Cl.Cl.Cl.Nc1ccccc1C(NC(=O)c1ccccc1)N1CCCN(CC2CC2)CC1. The van der Waals surface area contributed by atoms with Gasteiger partial charge in [0.1, 0.15) is 6.17 Å². The van der Waals surface area contributed by atoms with Gasteiger partial charge >= 0.3 is 0 Å². The number of nitrogens with zero attached hydrogens (tertiary/aromatic N) is 2. The van der Waals surface area contributed by atoms with Crippen LogP contribution in [-0.4, -0.2) is 48.4 Å². The lowest BCUT2D eigenvalue weighted by atomic mass is 10.1. The van der Waals surface area contributed by atoms with E-state index in [0.29, 0.717) is 5.56 Å². The van der Waals surface area contributed by atoms with Crippen LogP contribution in [0.1, 0.15) is 41.3 Å². The fourth-order valence-corrected chi connectivity index (χ4v) is 4.02. The van der Waals surface area contributed by atoms with Gasteiger partial charge in [-0.15, -0.1) is 37.2 Å². The summed E-state index contributed by atoms with van der Waals surface area (Å²) < 4.78 is 0. The maximum Gasteiger partial charge on any atom is 0.252 e. The van der Waals surface area contributed by atoms with Gasteiger partial charge < -0.3 is 16.0 Å². The molecule has 2 fully saturated rings. The Morgan fingerprint density at radius 3 is 2.29 bits per heavy atom. The second kappa shape index (κ2) is 13.1. The molecule has 2 aromatic rings. The largest absolute Gasteiger partial charge is 0.398 e. The number of halogens is 3. The third-order valence-corrected chi connectivity index (χ3v) is 5.80. The molecule has 8 heteroatoms. The van der Waals surface area contributed by atoms with E-state index in [1.807, 2.05) is 54.6 Å². The van der Waals surface area contributed by atoms with Crippen LogP contribution in [0.4, 0.5) is 5.69 Å². The zero-order chi connectivity index (χ0) is 19.3. The predicted molar refractivity (Wildman–Crippen MR) is 135 cm³/mol. The van der Waals surface area contributed by atoms with Gasteiger partial charge in [-0.1, -0.05) is 36.4 Å². The van der Waals surface area contributed by atoms with Crippen molar-refractivity contribution in [2.24, 2.45) is 5.92 Å². The Kier molecular flexibility index (Phi) is 11.7. The molecule has 2 aromatic carbocycles. The Balaban J connectivity index is 0.00000160. The smallest absolute Gasteiger partial charge is 0.252 e. The summed E-state index contributed by atoms with van der Waals surface area (Å²) in [5, 5.41) is 3.24. The Bertz CT molecular complexity index is 804. The highest BCUT2D eigenvalue weighted by atomic mass is 35.5. The first-order valence-corrected chi connectivity index (χ1v) is 10.4. The van der Waals surface area contributed by atoms with E-state index in [1.54, 1.807) is 0 Å². The van der Waals surface area contributed by atoms with Gasteiger partial charge in [-0.2, -0.15) is 0 Å². The highest BCUT2D eigenvalue weighted by molar-refractivity contribution is 5.94. The molecule has 4 rings (SSSR count). The van der Waals surface area contributed by atoms with E-state index in [1.165, 1.54) is 19.4 Å². The van der Waals surface area contributed by atoms with Crippen molar-refractivity contribution in [3.8, 4) is 0 Å². The highest BCUT2D eigenvalue weighted by Gasteiger charge is 2.29. The Labute approximate surface area is 204 Å². The zero-order valence-electron chi connectivity index (χ0n) is 17.6. The van der Waals surface area contributed by atoms with Crippen LogP contribution in [0.5, 0.6) is 0 Å². The lowest BCUT2D eigenvalue weighted by Gasteiger charge is -2.32. The minimum absolute atomic E-state index is 0. The van der Waals surface area contributed by atoms with E-state index in [9.17, 15) is 4.79 Å². The van der Waals surface area contributed by atoms with Crippen LogP contribution in [0.15, 0.2) is 54.6 Å². The Morgan fingerprint density at radius 2 is 1.61 bits per heavy atom. The van der Waals surface area contributed by atoms with Crippen molar-refractivity contribution in [1.29, 1.82) is 0 Å². The molecule has 1 heterocycles. The monoisotopic (exact) mass is 486 g/mol. The molecule has 31 heavy (non-hydrogen) atoms. The molecule has 172 valence electrons. The molecule has 0 bridgehead atoms. The summed E-state index contributed by atoms with van der Waals surface area (Å²) in [5.41, 5.74) is 8.66. The summed E-state index contributed by atoms with van der Waals surface area (Å²) in [6, 6.07) is 17.3. The number of hydrogen-bond donors (Lipinski definition) is 2. The summed E-state index contributed by atoms with van der Waals surface area (Å²) >= 11 is 0. The molecule has 2 aliphatic rings. The number of carbonyl (C=O) groups is 1. The molecular formula is C23H33Cl3N4O. The van der Waals surface area contributed by atoms with E-state index in [4.69, 9.17) is 5.73 Å². The van der Waals surface area contributed by atoms with Crippen LogP contribution >= 0.6 is 37.2 Å². The second-order valence-corrected chi connectivity index (χ2v) is 8.00. The summed E-state index contributed by atoms with van der Waals surface area (Å²) in [6.45, 7) is 5.29. The molecule has 3 N–H and O–H groups in total. The summed E-state index contributed by atoms with van der Waals surface area (Å²) in [7, 11) is 0. The molecular weight excluding hydrogens is 455 g/mol. The van der Waals surface area contributed by atoms with Gasteiger partial charge in [0.05, 0.1) is 0 Å². The summed E-state index contributed by atoms with van der Waals surface area (Å²) in [5.74, 6) is 0.845. The molecule has 1 unspecified atom stereocenters. The number of rotatable bonds is 6. The fourth-order valence-electron chi connectivity index (χ4n) is 4.02. The lowest BCUT2D eigenvalue weighted by molar-refractivity contribution is 0.0850. The maximum atomic E-state index is 12.9. The van der Waals surface area contributed by atoms with Crippen molar-refractivity contribution in [3.63, 3.8) is 0 Å². The van der Waals surface area contributed by atoms with Crippen molar-refractivity contribution < 1.29 is 4.79 Å². The van der Waals surface area contributed by atoms with Crippen molar-refractivity contribution in [1.82, 2.24) is 15.1 Å². The van der Waals surface area contributed by atoms with E-state index in [0.717, 1.165) is 49.8 Å². The third-order valence-electron chi connectivity index (χ3n) is 5.80. The first-order chi connectivity index (χ1) is 13.7. The van der Waals surface area contributed by atoms with E-state index < -0.39 is 0 Å². The average molecular weight is 488 g/mol. The number of nitrogens with one attached hydrogen (secondary N) is 1. The zero-order valence-corrected chi connectivity index (χ0v) is 20.1. The molecule has 0 radical (unpaired) electrons. The molecule has 1 aliphatic carbocycles. The Morgan fingerprint density at radius 1 is 0.935 bits per heavy atom. The molecule has 1 amide bonds. The van der Waals surface area contributed by atoms with Crippen LogP contribution < -0.4 is 11.1 Å². The van der Waals surface area contributed by atoms with Crippen molar-refractivity contribution in [2.75, 3.05) is 38.5 Å². The molecule has 0 spiro atoms. The average Bonchev–Trinajstić information content (AvgIpc) is 3.55. The minimum atomic E-state index is -0.213.